The molecule has 0 aromatic rings. The highest BCUT2D eigenvalue weighted by Crippen LogP contribution is 1.96. The second kappa shape index (κ2) is 8.09. The molecule has 6 nitrogen and oxygen atoms in total. The molecule has 0 aromatic heterocycles. The Morgan fingerprint density at radius 2 is 2.19 bits per heavy atom. The maximum Gasteiger partial charge on any atom is 0.304 e. The molecule has 0 aromatic carbocycles. The van der Waals surface area contributed by atoms with Gasteiger partial charge in [0.15, 0.2) is 0 Å². The summed E-state index contributed by atoms with van der Waals surface area (Å²) in [6.07, 6.45) is 5.36. The van der Waals surface area contributed by atoms with Crippen molar-refractivity contribution in [3.05, 3.63) is 34.7 Å². The molecule has 84 valence electrons. The van der Waals surface area contributed by atoms with E-state index in [9.17, 15) is 4.79 Å². The minimum atomic E-state index is -0.892. The lowest BCUT2D eigenvalue weighted by atomic mass is 10.3. The first kappa shape index (κ1) is 13.8. The lowest BCUT2D eigenvalue weighted by Gasteiger charge is -2.02. The SMILES string of the molecule is CC(=O)OC(C#N)/C=C/C=C/[C@@H](C)N=[N+]=[N-]. The van der Waals surface area contributed by atoms with Gasteiger partial charge in [0, 0.05) is 11.8 Å². The van der Waals surface area contributed by atoms with Crippen molar-refractivity contribution in [2.24, 2.45) is 5.11 Å². The standard InChI is InChI=1S/C10H12N4O2/c1-8(13-14-12)5-3-4-6-10(7-11)16-9(2)15/h3-6,8,10H,1-2H3/b5-3+,6-4+/t8-,10?/m1/s1. The van der Waals surface area contributed by atoms with Crippen molar-refractivity contribution in [1.29, 1.82) is 5.26 Å². The molecular weight excluding hydrogens is 208 g/mol. The van der Waals surface area contributed by atoms with Gasteiger partial charge in [0.1, 0.15) is 6.07 Å². The van der Waals surface area contributed by atoms with Crippen LogP contribution in [0.5, 0.6) is 0 Å². The largest absolute Gasteiger partial charge is 0.443 e. The van der Waals surface area contributed by atoms with Crippen molar-refractivity contribution in [1.82, 2.24) is 0 Å². The molecule has 0 aliphatic rings. The van der Waals surface area contributed by atoms with Crippen LogP contribution in [0.2, 0.25) is 0 Å². The highest BCUT2D eigenvalue weighted by Gasteiger charge is 2.04. The quantitative estimate of drug-likeness (QED) is 0.233. The van der Waals surface area contributed by atoms with E-state index in [1.54, 1.807) is 31.2 Å². The third-order valence-corrected chi connectivity index (χ3v) is 1.44. The average Bonchev–Trinajstić information content (AvgIpc) is 2.22. The van der Waals surface area contributed by atoms with Gasteiger partial charge < -0.3 is 4.74 Å². The Bertz CT molecular complexity index is 375. The van der Waals surface area contributed by atoms with Gasteiger partial charge in [-0.15, -0.1) is 0 Å². The predicted octanol–water partition coefficient (Wildman–Crippen LogP) is 2.25. The first-order chi connectivity index (χ1) is 7.60. The van der Waals surface area contributed by atoms with Gasteiger partial charge >= 0.3 is 5.97 Å². The van der Waals surface area contributed by atoms with Crippen molar-refractivity contribution in [3.63, 3.8) is 0 Å². The van der Waals surface area contributed by atoms with Crippen molar-refractivity contribution in [2.45, 2.75) is 26.0 Å². The predicted molar refractivity (Wildman–Crippen MR) is 58.1 cm³/mol. The monoisotopic (exact) mass is 220 g/mol. The fourth-order valence-electron chi connectivity index (χ4n) is 0.797. The Hall–Kier alpha value is -2.25. The molecule has 6 heteroatoms. The summed E-state index contributed by atoms with van der Waals surface area (Å²) in [7, 11) is 0. The lowest BCUT2D eigenvalue weighted by Crippen LogP contribution is -2.10. The molecule has 0 heterocycles. The van der Waals surface area contributed by atoms with Crippen molar-refractivity contribution in [3.8, 4) is 6.07 Å². The molecule has 0 spiro atoms. The summed E-state index contributed by atoms with van der Waals surface area (Å²) in [5.41, 5.74) is 8.12. The number of rotatable bonds is 5. The van der Waals surface area contributed by atoms with Crippen LogP contribution >= 0.6 is 0 Å². The van der Waals surface area contributed by atoms with Crippen molar-refractivity contribution in [2.75, 3.05) is 0 Å². The van der Waals surface area contributed by atoms with Gasteiger partial charge in [-0.3, -0.25) is 4.79 Å². The summed E-state index contributed by atoms with van der Waals surface area (Å²) >= 11 is 0. The van der Waals surface area contributed by atoms with Crippen LogP contribution in [0.4, 0.5) is 0 Å². The fraction of sp³-hybridized carbons (Fsp3) is 0.400. The summed E-state index contributed by atoms with van der Waals surface area (Å²) in [5.74, 6) is -0.511. The Balaban J connectivity index is 4.21. The second-order valence-corrected chi connectivity index (χ2v) is 2.87. The number of hydrogen-bond donors (Lipinski definition) is 0. The number of azide groups is 1. The van der Waals surface area contributed by atoms with E-state index in [4.69, 9.17) is 10.8 Å². The van der Waals surface area contributed by atoms with Crippen LogP contribution in [0.3, 0.4) is 0 Å². The molecule has 0 N–H and O–H groups in total. The third kappa shape index (κ3) is 7.18. The van der Waals surface area contributed by atoms with Gasteiger partial charge in [0.05, 0.1) is 6.04 Å². The summed E-state index contributed by atoms with van der Waals surface area (Å²) in [5, 5.41) is 12.0. The summed E-state index contributed by atoms with van der Waals surface area (Å²) in [6, 6.07) is 1.54. The maximum atomic E-state index is 10.6. The normalized spacial score (nSPS) is 14.1. The van der Waals surface area contributed by atoms with Gasteiger partial charge in [-0.25, -0.2) is 0 Å². The molecule has 0 amide bonds. The van der Waals surface area contributed by atoms with Crippen LogP contribution in [0.1, 0.15) is 13.8 Å². The van der Waals surface area contributed by atoms with E-state index in [0.29, 0.717) is 0 Å². The minimum absolute atomic E-state index is 0.260. The number of carbonyl (C=O) groups excluding carboxylic acids is 1. The van der Waals surface area contributed by atoms with Crippen LogP contribution < -0.4 is 0 Å². The Morgan fingerprint density at radius 3 is 2.69 bits per heavy atom. The van der Waals surface area contributed by atoms with Gasteiger partial charge in [-0.2, -0.15) is 5.26 Å². The van der Waals surface area contributed by atoms with E-state index < -0.39 is 12.1 Å². The summed E-state index contributed by atoms with van der Waals surface area (Å²) < 4.78 is 4.65. The highest BCUT2D eigenvalue weighted by molar-refractivity contribution is 5.66. The van der Waals surface area contributed by atoms with Crippen LogP contribution in [0, 0.1) is 11.3 Å². The molecule has 0 radical (unpaired) electrons. The van der Waals surface area contributed by atoms with Gasteiger partial charge in [0.2, 0.25) is 6.10 Å². The molecule has 0 saturated heterocycles. The van der Waals surface area contributed by atoms with Crippen molar-refractivity contribution >= 4 is 5.97 Å². The highest BCUT2D eigenvalue weighted by atomic mass is 16.5. The second-order valence-electron chi connectivity index (χ2n) is 2.87. The van der Waals surface area contributed by atoms with Crippen LogP contribution in [-0.4, -0.2) is 18.1 Å². The number of esters is 1. The van der Waals surface area contributed by atoms with E-state index in [1.807, 2.05) is 0 Å². The Kier molecular flexibility index (Phi) is 6.95. The third-order valence-electron chi connectivity index (χ3n) is 1.44. The molecule has 0 bridgehead atoms. The van der Waals surface area contributed by atoms with Gasteiger partial charge in [-0.05, 0) is 11.6 Å². The van der Waals surface area contributed by atoms with Crippen LogP contribution in [0.15, 0.2) is 29.4 Å². The number of ether oxygens (including phenoxy) is 1. The molecule has 0 fully saturated rings. The van der Waals surface area contributed by atoms with E-state index in [-0.39, 0.29) is 6.04 Å². The first-order valence-electron chi connectivity index (χ1n) is 4.56. The molecular formula is C10H12N4O2. The topological polar surface area (TPSA) is 98.9 Å². The van der Waals surface area contributed by atoms with E-state index >= 15 is 0 Å². The summed E-state index contributed by atoms with van der Waals surface area (Å²) in [6.45, 7) is 2.95. The Labute approximate surface area is 93.4 Å². The molecule has 2 atom stereocenters. The molecule has 0 aliphatic carbocycles. The Morgan fingerprint density at radius 1 is 1.56 bits per heavy atom. The zero-order chi connectivity index (χ0) is 12.4. The average molecular weight is 220 g/mol. The maximum absolute atomic E-state index is 10.6. The molecule has 0 saturated carbocycles. The van der Waals surface area contributed by atoms with Crippen molar-refractivity contribution < 1.29 is 9.53 Å². The molecule has 16 heavy (non-hydrogen) atoms. The summed E-state index contributed by atoms with van der Waals surface area (Å²) in [4.78, 5) is 13.2. The molecule has 0 rings (SSSR count). The van der Waals surface area contributed by atoms with E-state index in [0.717, 1.165) is 0 Å². The minimum Gasteiger partial charge on any atom is -0.443 e. The number of nitrogens with zero attached hydrogens (tertiary/aromatic N) is 4. The van der Waals surface area contributed by atoms with Gasteiger partial charge in [0.25, 0.3) is 0 Å². The number of allylic oxidation sites excluding steroid dienone is 2. The zero-order valence-electron chi connectivity index (χ0n) is 9.07. The van der Waals surface area contributed by atoms with E-state index in [1.165, 1.54) is 13.0 Å². The van der Waals surface area contributed by atoms with Crippen LogP contribution in [0.25, 0.3) is 10.4 Å². The fourth-order valence-corrected chi connectivity index (χ4v) is 0.797. The van der Waals surface area contributed by atoms with Crippen LogP contribution in [-0.2, 0) is 9.53 Å². The number of nitriles is 1. The number of hydrogen-bond acceptors (Lipinski definition) is 4. The van der Waals surface area contributed by atoms with Gasteiger partial charge in [-0.1, -0.05) is 30.3 Å². The first-order valence-corrected chi connectivity index (χ1v) is 4.56. The lowest BCUT2D eigenvalue weighted by molar-refractivity contribution is -0.142. The zero-order valence-corrected chi connectivity index (χ0v) is 9.07. The smallest absolute Gasteiger partial charge is 0.304 e. The number of carbonyl (C=O) groups is 1. The van der Waals surface area contributed by atoms with E-state index in [2.05, 4.69) is 14.8 Å². The molecule has 1 unspecified atom stereocenters. The molecule has 0 aliphatic heterocycles.